The Kier molecular flexibility index (Phi) is 5.57. The molecule has 0 fully saturated rings. The van der Waals surface area contributed by atoms with E-state index in [2.05, 4.69) is 0 Å². The van der Waals surface area contributed by atoms with Crippen LogP contribution in [0.25, 0.3) is 0 Å². The fraction of sp³-hybridized carbons (Fsp3) is 0.714. The van der Waals surface area contributed by atoms with Crippen molar-refractivity contribution in [3.05, 3.63) is 12.2 Å². The molecule has 0 amide bonds. The summed E-state index contributed by atoms with van der Waals surface area (Å²) < 4.78 is 0. The van der Waals surface area contributed by atoms with Gasteiger partial charge in [-0.1, -0.05) is 12.2 Å². The van der Waals surface area contributed by atoms with Crippen molar-refractivity contribution in [2.24, 2.45) is 5.73 Å². The third kappa shape index (κ3) is 5.53. The van der Waals surface area contributed by atoms with E-state index in [9.17, 15) is 0 Å². The first-order chi connectivity index (χ1) is 4.31. The summed E-state index contributed by atoms with van der Waals surface area (Å²) in [6, 6.07) is 0. The topological polar surface area (TPSA) is 46.2 Å². The van der Waals surface area contributed by atoms with Gasteiger partial charge in [0.15, 0.2) is 0 Å². The van der Waals surface area contributed by atoms with Gasteiger partial charge < -0.3 is 10.8 Å². The largest absolute Gasteiger partial charge is 0.389 e. The Bertz CT molecular complexity index is 81.0. The van der Waals surface area contributed by atoms with Crippen LogP contribution in [0.4, 0.5) is 0 Å². The Morgan fingerprint density at radius 3 is 2.78 bits per heavy atom. The Morgan fingerprint density at radius 2 is 2.33 bits per heavy atom. The van der Waals surface area contributed by atoms with Crippen molar-refractivity contribution in [2.45, 2.75) is 25.9 Å². The fourth-order valence-electron chi connectivity index (χ4n) is 0.645. The quantitative estimate of drug-likeness (QED) is 0.548. The summed E-state index contributed by atoms with van der Waals surface area (Å²) in [6.07, 6.45) is 5.00. The molecule has 0 aromatic heterocycles. The minimum absolute atomic E-state index is 0.293. The van der Waals surface area contributed by atoms with E-state index in [1.807, 2.05) is 13.0 Å². The van der Waals surface area contributed by atoms with Gasteiger partial charge in [0.05, 0.1) is 6.10 Å². The molecule has 1 unspecified atom stereocenters. The second kappa shape index (κ2) is 5.79. The summed E-state index contributed by atoms with van der Waals surface area (Å²) in [4.78, 5) is 0. The third-order valence-electron chi connectivity index (χ3n) is 1.12. The Hall–Kier alpha value is -0.340. The number of aliphatic hydroxyl groups excluding tert-OH is 1. The van der Waals surface area contributed by atoms with Crippen LogP contribution in [0, 0.1) is 0 Å². The summed E-state index contributed by atoms with van der Waals surface area (Å²) >= 11 is 0. The van der Waals surface area contributed by atoms with E-state index in [0.717, 1.165) is 12.8 Å². The standard InChI is InChI=1S/C7H15NO/c1-2-4-7(9)5-3-6-8/h2,4,7,9H,3,5-6,8H2,1H3/b4-2+. The lowest BCUT2D eigenvalue weighted by molar-refractivity contribution is 0.210. The molecule has 0 aliphatic carbocycles. The average Bonchev–Trinajstić information content (AvgIpc) is 1.85. The maximum Gasteiger partial charge on any atom is 0.0721 e. The second-order valence-electron chi connectivity index (χ2n) is 2.02. The van der Waals surface area contributed by atoms with E-state index in [1.54, 1.807) is 6.08 Å². The molecule has 54 valence electrons. The summed E-state index contributed by atoms with van der Waals surface area (Å²) in [5.41, 5.74) is 5.24. The van der Waals surface area contributed by atoms with Gasteiger partial charge in [-0.2, -0.15) is 0 Å². The van der Waals surface area contributed by atoms with Gasteiger partial charge in [-0.25, -0.2) is 0 Å². The molecule has 2 heteroatoms. The molecule has 0 aromatic rings. The van der Waals surface area contributed by atoms with Crippen molar-refractivity contribution in [1.82, 2.24) is 0 Å². The third-order valence-corrected chi connectivity index (χ3v) is 1.12. The van der Waals surface area contributed by atoms with Crippen molar-refractivity contribution >= 4 is 0 Å². The van der Waals surface area contributed by atoms with Crippen molar-refractivity contribution in [2.75, 3.05) is 6.54 Å². The van der Waals surface area contributed by atoms with Gasteiger partial charge >= 0.3 is 0 Å². The molecule has 3 N–H and O–H groups in total. The lowest BCUT2D eigenvalue weighted by Gasteiger charge is -2.01. The molecule has 9 heavy (non-hydrogen) atoms. The summed E-state index contributed by atoms with van der Waals surface area (Å²) in [7, 11) is 0. The zero-order valence-corrected chi connectivity index (χ0v) is 5.88. The minimum atomic E-state index is -0.293. The molecular formula is C7H15NO. The van der Waals surface area contributed by atoms with Crippen LogP contribution < -0.4 is 5.73 Å². The first-order valence-corrected chi connectivity index (χ1v) is 3.32. The number of hydrogen-bond donors (Lipinski definition) is 2. The van der Waals surface area contributed by atoms with E-state index >= 15 is 0 Å². The lowest BCUT2D eigenvalue weighted by atomic mass is 10.2. The summed E-state index contributed by atoms with van der Waals surface area (Å²) in [5.74, 6) is 0. The highest BCUT2D eigenvalue weighted by Crippen LogP contribution is 1.95. The Labute approximate surface area is 56.4 Å². The molecule has 2 nitrogen and oxygen atoms in total. The smallest absolute Gasteiger partial charge is 0.0721 e. The van der Waals surface area contributed by atoms with Crippen LogP contribution in [0.1, 0.15) is 19.8 Å². The SMILES string of the molecule is C/C=C/C(O)CCCN. The fourth-order valence-corrected chi connectivity index (χ4v) is 0.645. The van der Waals surface area contributed by atoms with Crippen LogP contribution >= 0.6 is 0 Å². The number of aliphatic hydroxyl groups is 1. The normalized spacial score (nSPS) is 14.6. The number of rotatable bonds is 4. The highest BCUT2D eigenvalue weighted by atomic mass is 16.3. The average molecular weight is 129 g/mol. The van der Waals surface area contributed by atoms with Crippen LogP contribution in [0.3, 0.4) is 0 Å². The van der Waals surface area contributed by atoms with Crippen molar-refractivity contribution < 1.29 is 5.11 Å². The maximum atomic E-state index is 9.04. The van der Waals surface area contributed by atoms with E-state index in [0.29, 0.717) is 6.54 Å². The molecule has 0 aromatic carbocycles. The molecule has 0 rings (SSSR count). The van der Waals surface area contributed by atoms with Crippen LogP contribution in [-0.4, -0.2) is 17.8 Å². The zero-order chi connectivity index (χ0) is 7.11. The highest BCUT2D eigenvalue weighted by Gasteiger charge is 1.94. The molecule has 0 spiro atoms. The molecule has 0 saturated heterocycles. The van der Waals surface area contributed by atoms with Crippen molar-refractivity contribution in [3.8, 4) is 0 Å². The molecule has 0 heterocycles. The van der Waals surface area contributed by atoms with Gasteiger partial charge in [-0.3, -0.25) is 0 Å². The Morgan fingerprint density at radius 1 is 1.67 bits per heavy atom. The van der Waals surface area contributed by atoms with Crippen LogP contribution in [0.2, 0.25) is 0 Å². The van der Waals surface area contributed by atoms with E-state index in [1.165, 1.54) is 0 Å². The van der Waals surface area contributed by atoms with E-state index < -0.39 is 0 Å². The predicted molar refractivity (Wildman–Crippen MR) is 39.1 cm³/mol. The summed E-state index contributed by atoms with van der Waals surface area (Å²) in [6.45, 7) is 2.56. The first kappa shape index (κ1) is 8.66. The first-order valence-electron chi connectivity index (χ1n) is 3.32. The monoisotopic (exact) mass is 129 g/mol. The van der Waals surface area contributed by atoms with Gasteiger partial charge in [0.2, 0.25) is 0 Å². The maximum absolute atomic E-state index is 9.04. The Balaban J connectivity index is 3.15. The molecule has 1 atom stereocenters. The number of allylic oxidation sites excluding steroid dienone is 1. The van der Waals surface area contributed by atoms with Crippen molar-refractivity contribution in [3.63, 3.8) is 0 Å². The zero-order valence-electron chi connectivity index (χ0n) is 5.88. The van der Waals surface area contributed by atoms with Gasteiger partial charge in [0.1, 0.15) is 0 Å². The van der Waals surface area contributed by atoms with Crippen LogP contribution in [0.5, 0.6) is 0 Å². The van der Waals surface area contributed by atoms with Gasteiger partial charge in [-0.05, 0) is 26.3 Å². The lowest BCUT2D eigenvalue weighted by Crippen LogP contribution is -2.06. The highest BCUT2D eigenvalue weighted by molar-refractivity contribution is 4.84. The van der Waals surface area contributed by atoms with Gasteiger partial charge in [0, 0.05) is 0 Å². The van der Waals surface area contributed by atoms with Gasteiger partial charge in [-0.15, -0.1) is 0 Å². The minimum Gasteiger partial charge on any atom is -0.389 e. The number of hydrogen-bond acceptors (Lipinski definition) is 2. The summed E-state index contributed by atoms with van der Waals surface area (Å²) in [5, 5.41) is 9.04. The molecule has 0 radical (unpaired) electrons. The second-order valence-corrected chi connectivity index (χ2v) is 2.02. The van der Waals surface area contributed by atoms with Gasteiger partial charge in [0.25, 0.3) is 0 Å². The van der Waals surface area contributed by atoms with Crippen LogP contribution in [0.15, 0.2) is 12.2 Å². The predicted octanol–water partition coefficient (Wildman–Crippen LogP) is 0.662. The van der Waals surface area contributed by atoms with E-state index in [-0.39, 0.29) is 6.10 Å². The molecule has 0 aliphatic heterocycles. The van der Waals surface area contributed by atoms with E-state index in [4.69, 9.17) is 10.8 Å². The van der Waals surface area contributed by atoms with Crippen LogP contribution in [-0.2, 0) is 0 Å². The molecule has 0 bridgehead atoms. The number of nitrogens with two attached hydrogens (primary N) is 1. The molecule has 0 saturated carbocycles. The molecule has 0 aliphatic rings. The van der Waals surface area contributed by atoms with Crippen molar-refractivity contribution in [1.29, 1.82) is 0 Å². The molecular weight excluding hydrogens is 114 g/mol.